The minimum atomic E-state index is -0.173. The molecule has 2 nitrogen and oxygen atoms in total. The van der Waals surface area contributed by atoms with Gasteiger partial charge in [-0.05, 0) is 37.5 Å². The molecule has 0 amide bonds. The van der Waals surface area contributed by atoms with Gasteiger partial charge in [0.2, 0.25) is 0 Å². The second-order valence-electron chi connectivity index (χ2n) is 8.30. The molecule has 0 spiro atoms. The Morgan fingerprint density at radius 2 is 1.29 bits per heavy atom. The van der Waals surface area contributed by atoms with Gasteiger partial charge in [-0.15, -0.1) is 0 Å². The van der Waals surface area contributed by atoms with E-state index in [9.17, 15) is 10.2 Å². The van der Waals surface area contributed by atoms with Crippen molar-refractivity contribution < 1.29 is 10.2 Å². The molecule has 0 bridgehead atoms. The fourth-order valence-electron chi connectivity index (χ4n) is 4.36. The monoisotopic (exact) mass is 340 g/mol. The van der Waals surface area contributed by atoms with Crippen LogP contribution in [0.25, 0.3) is 0 Å². The van der Waals surface area contributed by atoms with Crippen LogP contribution in [0.1, 0.15) is 117 Å². The fourth-order valence-corrected chi connectivity index (χ4v) is 4.36. The second kappa shape index (κ2) is 14.1. The Bertz CT molecular complexity index is 279. The minimum Gasteiger partial charge on any atom is -0.393 e. The maximum absolute atomic E-state index is 10.3. The van der Waals surface area contributed by atoms with E-state index in [0.29, 0.717) is 5.92 Å². The lowest BCUT2D eigenvalue weighted by Gasteiger charge is -2.33. The first-order chi connectivity index (χ1) is 11.7. The maximum atomic E-state index is 10.3. The van der Waals surface area contributed by atoms with Gasteiger partial charge in [0, 0.05) is 0 Å². The number of aliphatic hydroxyl groups is 2. The molecule has 0 aromatic carbocycles. The topological polar surface area (TPSA) is 40.5 Å². The molecule has 1 fully saturated rings. The molecule has 0 aromatic heterocycles. The van der Waals surface area contributed by atoms with Crippen molar-refractivity contribution in [1.82, 2.24) is 0 Å². The maximum Gasteiger partial charge on any atom is 0.0570 e. The lowest BCUT2D eigenvalue weighted by molar-refractivity contribution is -0.00351. The molecule has 1 saturated carbocycles. The molecule has 1 aliphatic carbocycles. The Kier molecular flexibility index (Phi) is 12.9. The number of hydrogen-bond acceptors (Lipinski definition) is 2. The molecule has 2 heteroatoms. The van der Waals surface area contributed by atoms with Crippen molar-refractivity contribution in [2.45, 2.75) is 129 Å². The molecule has 24 heavy (non-hydrogen) atoms. The van der Waals surface area contributed by atoms with E-state index in [4.69, 9.17) is 0 Å². The second-order valence-corrected chi connectivity index (χ2v) is 8.30. The molecule has 0 radical (unpaired) electrons. The summed E-state index contributed by atoms with van der Waals surface area (Å²) in [5.74, 6) is 1.10. The van der Waals surface area contributed by atoms with Crippen LogP contribution in [0.4, 0.5) is 0 Å². The summed E-state index contributed by atoms with van der Waals surface area (Å²) in [4.78, 5) is 0. The van der Waals surface area contributed by atoms with E-state index >= 15 is 0 Å². The molecule has 0 aromatic rings. The molecule has 4 unspecified atom stereocenters. The quantitative estimate of drug-likeness (QED) is 0.368. The zero-order valence-corrected chi connectivity index (χ0v) is 16.5. The van der Waals surface area contributed by atoms with E-state index < -0.39 is 0 Å². The Morgan fingerprint density at radius 3 is 1.92 bits per heavy atom. The third-order valence-electron chi connectivity index (χ3n) is 5.98. The van der Waals surface area contributed by atoms with Gasteiger partial charge in [0.05, 0.1) is 12.2 Å². The van der Waals surface area contributed by atoms with Gasteiger partial charge < -0.3 is 10.2 Å². The average molecular weight is 341 g/mol. The molecule has 4 atom stereocenters. The van der Waals surface area contributed by atoms with Crippen molar-refractivity contribution in [3.8, 4) is 0 Å². The van der Waals surface area contributed by atoms with E-state index in [1.165, 1.54) is 77.0 Å². The lowest BCUT2D eigenvalue weighted by atomic mass is 9.77. The molecule has 0 heterocycles. The van der Waals surface area contributed by atoms with Crippen LogP contribution in [0.5, 0.6) is 0 Å². The third kappa shape index (κ3) is 10.0. The van der Waals surface area contributed by atoms with Crippen LogP contribution < -0.4 is 0 Å². The summed E-state index contributed by atoms with van der Waals surface area (Å²) in [6.07, 6.45) is 19.4. The van der Waals surface area contributed by atoms with Crippen LogP contribution >= 0.6 is 0 Å². The van der Waals surface area contributed by atoms with Gasteiger partial charge in [-0.1, -0.05) is 90.9 Å². The lowest BCUT2D eigenvalue weighted by Crippen LogP contribution is -2.33. The highest BCUT2D eigenvalue weighted by Gasteiger charge is 2.29. The molecule has 1 rings (SSSR count). The number of unbranched alkanes of at least 4 members (excludes halogenated alkanes) is 8. The smallest absolute Gasteiger partial charge is 0.0570 e. The van der Waals surface area contributed by atoms with Crippen LogP contribution in [0, 0.1) is 11.8 Å². The first-order valence-electron chi connectivity index (χ1n) is 11.0. The van der Waals surface area contributed by atoms with Gasteiger partial charge in [-0.2, -0.15) is 0 Å². The van der Waals surface area contributed by atoms with E-state index in [1.807, 2.05) is 0 Å². The number of rotatable bonds is 14. The summed E-state index contributed by atoms with van der Waals surface area (Å²) in [5, 5.41) is 20.2. The standard InChI is InChI=1S/C22H44O2/c1-3-5-7-9-10-12-14-19(13-11-8-6-4-2)17-20-18-21(23)15-16-22(20)24/h19-24H,3-18H2,1-2H3. The fraction of sp³-hybridized carbons (Fsp3) is 1.00. The van der Waals surface area contributed by atoms with Crippen molar-refractivity contribution in [2.24, 2.45) is 11.8 Å². The van der Waals surface area contributed by atoms with Crippen molar-refractivity contribution >= 4 is 0 Å². The predicted octanol–water partition coefficient (Wildman–Crippen LogP) is 6.24. The molecule has 0 aliphatic heterocycles. The number of aliphatic hydroxyl groups excluding tert-OH is 2. The van der Waals surface area contributed by atoms with Crippen LogP contribution in [0.15, 0.2) is 0 Å². The zero-order chi connectivity index (χ0) is 17.6. The highest BCUT2D eigenvalue weighted by molar-refractivity contribution is 4.81. The van der Waals surface area contributed by atoms with E-state index in [-0.39, 0.29) is 12.2 Å². The molecule has 2 N–H and O–H groups in total. The summed E-state index contributed by atoms with van der Waals surface area (Å²) in [6, 6.07) is 0. The van der Waals surface area contributed by atoms with Crippen LogP contribution in [0.2, 0.25) is 0 Å². The number of hydrogen-bond donors (Lipinski definition) is 2. The van der Waals surface area contributed by atoms with Crippen LogP contribution in [0.3, 0.4) is 0 Å². The molecular formula is C22H44O2. The highest BCUT2D eigenvalue weighted by Crippen LogP contribution is 2.33. The molecule has 1 aliphatic rings. The SMILES string of the molecule is CCCCCCCCC(CCCCCC)CC1CC(O)CCC1O. The zero-order valence-electron chi connectivity index (χ0n) is 16.5. The Morgan fingerprint density at radius 1 is 0.750 bits per heavy atom. The first kappa shape index (κ1) is 22.0. The van der Waals surface area contributed by atoms with Gasteiger partial charge in [0.1, 0.15) is 0 Å². The Labute approximate surface area is 151 Å². The molecular weight excluding hydrogens is 296 g/mol. The van der Waals surface area contributed by atoms with E-state index in [1.54, 1.807) is 0 Å². The highest BCUT2D eigenvalue weighted by atomic mass is 16.3. The predicted molar refractivity (Wildman–Crippen MR) is 104 cm³/mol. The van der Waals surface area contributed by atoms with Gasteiger partial charge in [-0.3, -0.25) is 0 Å². The largest absolute Gasteiger partial charge is 0.393 e. The van der Waals surface area contributed by atoms with Crippen molar-refractivity contribution in [3.63, 3.8) is 0 Å². The van der Waals surface area contributed by atoms with Crippen LogP contribution in [-0.4, -0.2) is 22.4 Å². The third-order valence-corrected chi connectivity index (χ3v) is 5.98. The van der Waals surface area contributed by atoms with Gasteiger partial charge >= 0.3 is 0 Å². The van der Waals surface area contributed by atoms with Crippen LogP contribution in [-0.2, 0) is 0 Å². The van der Waals surface area contributed by atoms with Crippen molar-refractivity contribution in [1.29, 1.82) is 0 Å². The summed E-state index contributed by atoms with van der Waals surface area (Å²) >= 11 is 0. The van der Waals surface area contributed by atoms with Crippen molar-refractivity contribution in [2.75, 3.05) is 0 Å². The normalized spacial score (nSPS) is 25.8. The van der Waals surface area contributed by atoms with E-state index in [0.717, 1.165) is 31.6 Å². The Hall–Kier alpha value is -0.0800. The van der Waals surface area contributed by atoms with E-state index in [2.05, 4.69) is 13.8 Å². The molecule has 144 valence electrons. The molecule has 0 saturated heterocycles. The minimum absolute atomic E-state index is 0.170. The van der Waals surface area contributed by atoms with Gasteiger partial charge in [-0.25, -0.2) is 0 Å². The summed E-state index contributed by atoms with van der Waals surface area (Å²) < 4.78 is 0. The average Bonchev–Trinajstić information content (AvgIpc) is 2.57. The Balaban J connectivity index is 2.32. The summed E-state index contributed by atoms with van der Waals surface area (Å²) in [6.45, 7) is 4.55. The summed E-state index contributed by atoms with van der Waals surface area (Å²) in [7, 11) is 0. The van der Waals surface area contributed by atoms with Crippen molar-refractivity contribution in [3.05, 3.63) is 0 Å². The van der Waals surface area contributed by atoms with Gasteiger partial charge in [0.25, 0.3) is 0 Å². The summed E-state index contributed by atoms with van der Waals surface area (Å²) in [5.41, 5.74) is 0. The van der Waals surface area contributed by atoms with Gasteiger partial charge in [0.15, 0.2) is 0 Å². The first-order valence-corrected chi connectivity index (χ1v) is 11.0.